The van der Waals surface area contributed by atoms with E-state index in [0.29, 0.717) is 68.5 Å². The Morgan fingerprint density at radius 1 is 0.719 bits per heavy atom. The first-order chi connectivity index (χ1) is 26.8. The fraction of sp³-hybridized carbons (Fsp3) is 0.389. The molecule has 0 spiro atoms. The number of carbonyl (C=O) groups is 4. The maximum atomic E-state index is 13.6. The van der Waals surface area contributed by atoms with Gasteiger partial charge < -0.3 is 35.5 Å². The third-order valence-electron chi connectivity index (χ3n) is 9.09. The standard InChI is InChI=1S/C22H19ClF4N4O3.C14H15F3N2O4/c23-15-7-14-17(8-16(15)24)28-10-18(14)31-21(33)20(32)30-12-2-4-13(5-3-12)34-19-6-1-11(9-29-19)22(25,26)27;15-14(16,17)8-1-6-11(18-7-8)23-10-4-2-9(3-5-10)19-12(20)13(21)22/h1,6-10,12-13,28H,2-5H2,(H,30,32)(H,31,33);1,6-7,9-10H,2-5H2,(H,19,20)(H,21,22). The fourth-order valence-electron chi connectivity index (χ4n) is 6.12. The summed E-state index contributed by atoms with van der Waals surface area (Å²) in [6.45, 7) is 0. The number of hydrogen-bond acceptors (Lipinski definition) is 8. The highest BCUT2D eigenvalue weighted by molar-refractivity contribution is 6.40. The number of ether oxygens (including phenoxy) is 2. The zero-order chi connectivity index (χ0) is 41.5. The number of amides is 3. The third kappa shape index (κ3) is 11.9. The van der Waals surface area contributed by atoms with Crippen LogP contribution in [0.3, 0.4) is 0 Å². The largest absolute Gasteiger partial charge is 0.474 e. The van der Waals surface area contributed by atoms with Crippen molar-refractivity contribution in [2.24, 2.45) is 0 Å². The summed E-state index contributed by atoms with van der Waals surface area (Å²) in [5.41, 5.74) is -0.992. The van der Waals surface area contributed by atoms with Crippen molar-refractivity contribution in [1.82, 2.24) is 25.6 Å². The summed E-state index contributed by atoms with van der Waals surface area (Å²) >= 11 is 5.79. The van der Waals surface area contributed by atoms with Crippen LogP contribution in [0.15, 0.2) is 55.0 Å². The SMILES string of the molecule is O=C(Nc1c[nH]c2cc(F)c(Cl)cc12)C(=O)NC1CCC(Oc2ccc(C(F)(F)F)cn2)CC1.O=C(O)C(=O)NC1CCC(Oc2ccc(C(F)(F)F)cn2)CC1. The monoisotopic (exact) mass is 830 g/mol. The summed E-state index contributed by atoms with van der Waals surface area (Å²) in [5, 5.41) is 16.4. The highest BCUT2D eigenvalue weighted by Crippen LogP contribution is 2.32. The molecule has 306 valence electrons. The molecule has 0 saturated heterocycles. The average Bonchev–Trinajstić information content (AvgIpc) is 3.53. The molecule has 0 radical (unpaired) electrons. The number of nitrogens with one attached hydrogen (secondary N) is 4. The summed E-state index contributed by atoms with van der Waals surface area (Å²) < 4.78 is 99.9. The van der Waals surface area contributed by atoms with E-state index in [1.807, 2.05) is 0 Å². The number of halogens is 8. The second-order valence-electron chi connectivity index (χ2n) is 13.2. The zero-order valence-electron chi connectivity index (χ0n) is 29.5. The molecular weight excluding hydrogens is 797 g/mol. The smallest absolute Gasteiger partial charge is 0.417 e. The topological polar surface area (TPSA) is 185 Å². The lowest BCUT2D eigenvalue weighted by Crippen LogP contribution is -2.44. The number of rotatable bonds is 7. The lowest BCUT2D eigenvalue weighted by molar-refractivity contribution is -0.150. The number of hydrogen-bond donors (Lipinski definition) is 5. The molecule has 0 unspecified atom stereocenters. The van der Waals surface area contributed by atoms with Gasteiger partial charge in [0, 0.05) is 48.2 Å². The molecule has 6 rings (SSSR count). The Morgan fingerprint density at radius 3 is 1.61 bits per heavy atom. The molecule has 2 saturated carbocycles. The Balaban J connectivity index is 0.000000235. The number of anilines is 1. The van der Waals surface area contributed by atoms with Crippen LogP contribution in [0.1, 0.15) is 62.5 Å². The lowest BCUT2D eigenvalue weighted by Gasteiger charge is -2.29. The van der Waals surface area contributed by atoms with Gasteiger partial charge in [-0.25, -0.2) is 19.2 Å². The molecule has 2 aliphatic carbocycles. The lowest BCUT2D eigenvalue weighted by atomic mass is 9.93. The average molecular weight is 831 g/mol. The summed E-state index contributed by atoms with van der Waals surface area (Å²) in [6.07, 6.45) is -2.26. The van der Waals surface area contributed by atoms with E-state index in [0.717, 1.165) is 18.3 Å². The van der Waals surface area contributed by atoms with Crippen LogP contribution in [0.2, 0.25) is 5.02 Å². The van der Waals surface area contributed by atoms with Crippen LogP contribution in [0.5, 0.6) is 11.8 Å². The first-order valence-electron chi connectivity index (χ1n) is 17.4. The number of aromatic amines is 1. The summed E-state index contributed by atoms with van der Waals surface area (Å²) in [4.78, 5) is 56.3. The molecule has 3 heterocycles. The number of aromatic nitrogens is 3. The fourth-order valence-corrected chi connectivity index (χ4v) is 6.29. The Kier molecular flexibility index (Phi) is 13.5. The Labute approximate surface area is 323 Å². The predicted molar refractivity (Wildman–Crippen MR) is 188 cm³/mol. The van der Waals surface area contributed by atoms with E-state index >= 15 is 0 Å². The van der Waals surface area contributed by atoms with E-state index in [1.165, 1.54) is 30.5 Å². The van der Waals surface area contributed by atoms with E-state index < -0.39 is 53.0 Å². The number of benzene rings is 1. The summed E-state index contributed by atoms with van der Waals surface area (Å²) in [7, 11) is 0. The maximum Gasteiger partial charge on any atom is 0.417 e. The molecule has 1 aromatic carbocycles. The van der Waals surface area contributed by atoms with E-state index in [2.05, 4.69) is 30.9 Å². The number of pyridine rings is 2. The van der Waals surface area contributed by atoms with Crippen LogP contribution in [-0.2, 0) is 31.5 Å². The molecule has 5 N–H and O–H groups in total. The minimum atomic E-state index is -4.47. The van der Waals surface area contributed by atoms with Gasteiger partial charge in [-0.2, -0.15) is 26.3 Å². The van der Waals surface area contributed by atoms with E-state index in [9.17, 15) is 49.9 Å². The van der Waals surface area contributed by atoms with Gasteiger partial charge in [0.1, 0.15) is 18.0 Å². The van der Waals surface area contributed by atoms with Gasteiger partial charge in [0.25, 0.3) is 0 Å². The zero-order valence-corrected chi connectivity index (χ0v) is 30.2. The van der Waals surface area contributed by atoms with Crippen LogP contribution in [-0.4, -0.2) is 68.0 Å². The van der Waals surface area contributed by atoms with Crippen molar-refractivity contribution in [3.8, 4) is 11.8 Å². The maximum absolute atomic E-state index is 13.6. The molecule has 0 aliphatic heterocycles. The number of H-pyrrole nitrogens is 1. The van der Waals surface area contributed by atoms with Crippen LogP contribution < -0.4 is 25.4 Å². The number of carboxylic acids is 1. The van der Waals surface area contributed by atoms with Crippen molar-refractivity contribution in [3.63, 3.8) is 0 Å². The predicted octanol–water partition coefficient (Wildman–Crippen LogP) is 6.81. The second-order valence-corrected chi connectivity index (χ2v) is 13.6. The normalized spacial score (nSPS) is 19.7. The highest BCUT2D eigenvalue weighted by Gasteiger charge is 2.33. The Bertz CT molecular complexity index is 2050. The number of carboxylic acid groups (broad SMARTS) is 1. The van der Waals surface area contributed by atoms with Gasteiger partial charge in [-0.05, 0) is 75.6 Å². The van der Waals surface area contributed by atoms with Crippen molar-refractivity contribution < 1.29 is 64.5 Å². The minimum absolute atomic E-state index is 0.0959. The van der Waals surface area contributed by atoms with Gasteiger partial charge in [0.2, 0.25) is 11.8 Å². The van der Waals surface area contributed by atoms with Crippen molar-refractivity contribution >= 4 is 51.9 Å². The van der Waals surface area contributed by atoms with Gasteiger partial charge in [0.05, 0.1) is 27.4 Å². The molecule has 57 heavy (non-hydrogen) atoms. The molecule has 0 atom stereocenters. The van der Waals surface area contributed by atoms with Gasteiger partial charge in [-0.1, -0.05) is 11.6 Å². The molecule has 4 aromatic rings. The van der Waals surface area contributed by atoms with Crippen molar-refractivity contribution in [3.05, 3.63) is 77.0 Å². The van der Waals surface area contributed by atoms with Crippen LogP contribution in [0.25, 0.3) is 10.9 Å². The Hall–Kier alpha value is -5.66. The first kappa shape index (κ1) is 42.5. The molecule has 3 amide bonds. The molecular formula is C36H34ClF7N6O7. The number of carbonyl (C=O) groups excluding carboxylic acids is 3. The number of aliphatic carboxylic acids is 1. The first-order valence-corrected chi connectivity index (χ1v) is 17.7. The van der Waals surface area contributed by atoms with Crippen LogP contribution in [0, 0.1) is 5.82 Å². The molecule has 0 bridgehead atoms. The molecule has 13 nitrogen and oxygen atoms in total. The molecule has 2 aliphatic rings. The minimum Gasteiger partial charge on any atom is -0.474 e. The number of nitrogens with zero attached hydrogens (tertiary/aromatic N) is 2. The number of fused-ring (bicyclic) bond motifs is 1. The second kappa shape index (κ2) is 18.1. The van der Waals surface area contributed by atoms with Crippen molar-refractivity contribution in [2.45, 2.75) is 88.0 Å². The summed E-state index contributed by atoms with van der Waals surface area (Å²) in [5.74, 6) is -4.68. The van der Waals surface area contributed by atoms with Crippen molar-refractivity contribution in [1.29, 1.82) is 0 Å². The Morgan fingerprint density at radius 2 is 1.19 bits per heavy atom. The van der Waals surface area contributed by atoms with Gasteiger partial charge in [0.15, 0.2) is 0 Å². The molecule has 21 heteroatoms. The summed E-state index contributed by atoms with van der Waals surface area (Å²) in [6, 6.07) is 6.20. The van der Waals surface area contributed by atoms with Gasteiger partial charge in [-0.3, -0.25) is 14.4 Å². The van der Waals surface area contributed by atoms with E-state index in [-0.39, 0.29) is 46.8 Å². The number of alkyl halides is 6. The van der Waals surface area contributed by atoms with Crippen LogP contribution >= 0.6 is 11.6 Å². The van der Waals surface area contributed by atoms with Gasteiger partial charge >= 0.3 is 36.0 Å². The van der Waals surface area contributed by atoms with Crippen molar-refractivity contribution in [2.75, 3.05) is 5.32 Å². The van der Waals surface area contributed by atoms with E-state index in [4.69, 9.17) is 26.2 Å². The van der Waals surface area contributed by atoms with Gasteiger partial charge in [-0.15, -0.1) is 0 Å². The molecule has 3 aromatic heterocycles. The highest BCUT2D eigenvalue weighted by atomic mass is 35.5. The third-order valence-corrected chi connectivity index (χ3v) is 9.38. The quantitative estimate of drug-likeness (QED) is 0.0987. The van der Waals surface area contributed by atoms with Crippen LogP contribution in [0.4, 0.5) is 36.4 Å². The molecule has 2 fully saturated rings. The van der Waals surface area contributed by atoms with E-state index in [1.54, 1.807) is 0 Å².